The standard InChI is InChI=1S/C27H33N3O5/c1-27(26(32)28-18-9-7-5-4-6-8-10-18)17-29-20-13-14-35-23(20)16-21(29)25(31)30(27)19-11-12-22(33-2)24(15-19)34-3/h11-16,18H,4-10,17H2,1-3H3,(H,28,32). The van der Waals surface area contributed by atoms with Crippen molar-refractivity contribution in [3.8, 4) is 11.5 Å². The molecule has 1 unspecified atom stereocenters. The van der Waals surface area contributed by atoms with E-state index in [9.17, 15) is 9.59 Å². The number of carbonyl (C=O) groups excluding carboxylic acids is 2. The summed E-state index contributed by atoms with van der Waals surface area (Å²) in [5, 5.41) is 3.31. The maximum atomic E-state index is 14.0. The summed E-state index contributed by atoms with van der Waals surface area (Å²) in [7, 11) is 3.12. The zero-order valence-electron chi connectivity index (χ0n) is 20.6. The van der Waals surface area contributed by atoms with Gasteiger partial charge in [0.2, 0.25) is 5.91 Å². The fraction of sp³-hybridized carbons (Fsp3) is 0.481. The zero-order valence-corrected chi connectivity index (χ0v) is 20.6. The van der Waals surface area contributed by atoms with E-state index in [1.165, 1.54) is 19.3 Å². The normalized spacial score (nSPS) is 21.3. The van der Waals surface area contributed by atoms with Crippen LogP contribution in [0.15, 0.2) is 41.0 Å². The highest BCUT2D eigenvalue weighted by Gasteiger charge is 2.49. The molecule has 1 atom stereocenters. The highest BCUT2D eigenvalue weighted by Crippen LogP contribution is 2.39. The van der Waals surface area contributed by atoms with Gasteiger partial charge in [0, 0.05) is 29.9 Å². The summed E-state index contributed by atoms with van der Waals surface area (Å²) >= 11 is 0. The summed E-state index contributed by atoms with van der Waals surface area (Å²) in [6.45, 7) is 2.15. The number of amides is 2. The van der Waals surface area contributed by atoms with E-state index in [1.54, 1.807) is 49.6 Å². The number of hydrogen-bond acceptors (Lipinski definition) is 5. The number of aromatic nitrogens is 1. The highest BCUT2D eigenvalue weighted by atomic mass is 16.5. The van der Waals surface area contributed by atoms with Crippen LogP contribution in [0.2, 0.25) is 0 Å². The van der Waals surface area contributed by atoms with E-state index in [-0.39, 0.29) is 17.9 Å². The third kappa shape index (κ3) is 4.05. The molecule has 3 aromatic rings. The van der Waals surface area contributed by atoms with E-state index < -0.39 is 5.54 Å². The molecule has 0 saturated heterocycles. The molecule has 35 heavy (non-hydrogen) atoms. The van der Waals surface area contributed by atoms with Crippen LogP contribution in [0.5, 0.6) is 11.5 Å². The summed E-state index contributed by atoms with van der Waals surface area (Å²) in [5.41, 5.74) is 1.35. The Morgan fingerprint density at radius 1 is 1.03 bits per heavy atom. The van der Waals surface area contributed by atoms with Gasteiger partial charge in [-0.3, -0.25) is 14.5 Å². The van der Waals surface area contributed by atoms with Crippen LogP contribution in [-0.2, 0) is 11.3 Å². The van der Waals surface area contributed by atoms with Crippen molar-refractivity contribution >= 4 is 28.6 Å². The first kappa shape index (κ1) is 23.3. The summed E-state index contributed by atoms with van der Waals surface area (Å²) in [4.78, 5) is 29.6. The number of benzene rings is 1. The first-order valence-electron chi connectivity index (χ1n) is 12.4. The molecule has 1 N–H and O–H groups in total. The molecule has 8 nitrogen and oxygen atoms in total. The van der Waals surface area contributed by atoms with Crippen molar-refractivity contribution in [2.24, 2.45) is 0 Å². The minimum Gasteiger partial charge on any atom is -0.493 e. The molecule has 1 aromatic carbocycles. The van der Waals surface area contributed by atoms with E-state index in [4.69, 9.17) is 13.9 Å². The van der Waals surface area contributed by atoms with Crippen LogP contribution in [-0.4, -0.2) is 42.2 Å². The predicted octanol–water partition coefficient (Wildman–Crippen LogP) is 4.90. The van der Waals surface area contributed by atoms with Gasteiger partial charge in [0.05, 0.1) is 32.5 Å². The Balaban J connectivity index is 1.57. The van der Waals surface area contributed by atoms with Crippen LogP contribution in [0.3, 0.4) is 0 Å². The lowest BCUT2D eigenvalue weighted by atomic mass is 9.91. The summed E-state index contributed by atoms with van der Waals surface area (Å²) in [5.74, 6) is 0.643. The maximum absolute atomic E-state index is 14.0. The molecule has 1 aliphatic carbocycles. The molecule has 0 spiro atoms. The lowest BCUT2D eigenvalue weighted by Crippen LogP contribution is -2.65. The van der Waals surface area contributed by atoms with Crippen LogP contribution in [0.4, 0.5) is 5.69 Å². The van der Waals surface area contributed by atoms with Gasteiger partial charge in [-0.05, 0) is 31.9 Å². The number of fused-ring (bicyclic) bond motifs is 3. The molecule has 5 rings (SSSR count). The molecule has 0 radical (unpaired) electrons. The van der Waals surface area contributed by atoms with Crippen molar-refractivity contribution in [1.82, 2.24) is 9.88 Å². The van der Waals surface area contributed by atoms with Gasteiger partial charge < -0.3 is 23.8 Å². The second kappa shape index (κ2) is 9.32. The number of anilines is 1. The topological polar surface area (TPSA) is 85.9 Å². The first-order chi connectivity index (χ1) is 17.0. The van der Waals surface area contributed by atoms with E-state index >= 15 is 0 Å². The Hall–Kier alpha value is -3.42. The number of ether oxygens (including phenoxy) is 2. The zero-order chi connectivity index (χ0) is 24.6. The molecule has 8 heteroatoms. The molecular formula is C27H33N3O5. The smallest absolute Gasteiger partial charge is 0.276 e. The molecule has 0 bridgehead atoms. The van der Waals surface area contributed by atoms with E-state index in [2.05, 4.69) is 5.32 Å². The van der Waals surface area contributed by atoms with Crippen LogP contribution >= 0.6 is 0 Å². The van der Waals surface area contributed by atoms with E-state index in [0.717, 1.165) is 31.2 Å². The van der Waals surface area contributed by atoms with Gasteiger partial charge in [-0.25, -0.2) is 0 Å². The molecule has 186 valence electrons. The second-order valence-corrected chi connectivity index (χ2v) is 9.76. The molecule has 2 amide bonds. The third-order valence-electron chi connectivity index (χ3n) is 7.46. The number of furan rings is 1. The fourth-order valence-corrected chi connectivity index (χ4v) is 5.52. The van der Waals surface area contributed by atoms with Gasteiger partial charge >= 0.3 is 0 Å². The Morgan fingerprint density at radius 2 is 1.74 bits per heavy atom. The average Bonchev–Trinajstić information content (AvgIpc) is 3.43. The molecule has 2 aliphatic rings. The third-order valence-corrected chi connectivity index (χ3v) is 7.46. The number of methoxy groups -OCH3 is 2. The molecule has 1 saturated carbocycles. The number of carbonyl (C=O) groups is 2. The van der Waals surface area contributed by atoms with Crippen molar-refractivity contribution in [2.75, 3.05) is 19.1 Å². The quantitative estimate of drug-likeness (QED) is 0.563. The molecular weight excluding hydrogens is 446 g/mol. The van der Waals surface area contributed by atoms with Gasteiger partial charge in [-0.1, -0.05) is 32.1 Å². The summed E-state index contributed by atoms with van der Waals surface area (Å²) in [6, 6.07) is 9.00. The van der Waals surface area contributed by atoms with Gasteiger partial charge in [0.15, 0.2) is 17.1 Å². The number of nitrogens with one attached hydrogen (secondary N) is 1. The van der Waals surface area contributed by atoms with Crippen molar-refractivity contribution in [1.29, 1.82) is 0 Å². The summed E-state index contributed by atoms with van der Waals surface area (Å²) in [6.07, 6.45) is 9.41. The number of nitrogens with zero attached hydrogens (tertiary/aromatic N) is 2. The Morgan fingerprint density at radius 3 is 2.46 bits per heavy atom. The van der Waals surface area contributed by atoms with Crippen molar-refractivity contribution in [3.63, 3.8) is 0 Å². The lowest BCUT2D eigenvalue weighted by molar-refractivity contribution is -0.127. The fourth-order valence-electron chi connectivity index (χ4n) is 5.52. The van der Waals surface area contributed by atoms with Crippen molar-refractivity contribution in [3.05, 3.63) is 42.3 Å². The molecule has 3 heterocycles. The van der Waals surface area contributed by atoms with Crippen molar-refractivity contribution < 1.29 is 23.5 Å². The highest BCUT2D eigenvalue weighted by molar-refractivity contribution is 6.13. The van der Waals surface area contributed by atoms with Gasteiger partial charge in [-0.2, -0.15) is 0 Å². The van der Waals surface area contributed by atoms with E-state index in [1.807, 2.05) is 17.6 Å². The van der Waals surface area contributed by atoms with Crippen molar-refractivity contribution in [2.45, 2.75) is 70.0 Å². The van der Waals surface area contributed by atoms with Crippen LogP contribution in [0.25, 0.3) is 11.1 Å². The monoisotopic (exact) mass is 479 g/mol. The van der Waals surface area contributed by atoms with Crippen LogP contribution in [0.1, 0.15) is 62.4 Å². The van der Waals surface area contributed by atoms with Gasteiger partial charge in [-0.15, -0.1) is 0 Å². The first-order valence-corrected chi connectivity index (χ1v) is 12.4. The SMILES string of the molecule is COc1ccc(N2C(=O)c3cc4occc4n3CC2(C)C(=O)NC2CCCCCCC2)cc1OC. The largest absolute Gasteiger partial charge is 0.493 e. The Kier molecular flexibility index (Phi) is 6.21. The minimum absolute atomic E-state index is 0.113. The average molecular weight is 480 g/mol. The number of hydrogen-bond donors (Lipinski definition) is 1. The Labute approximate surface area is 205 Å². The Bertz CT molecular complexity index is 1240. The van der Waals surface area contributed by atoms with E-state index in [0.29, 0.717) is 35.0 Å². The predicted molar refractivity (Wildman–Crippen MR) is 133 cm³/mol. The molecule has 1 aliphatic heterocycles. The second-order valence-electron chi connectivity index (χ2n) is 9.76. The molecule has 2 aromatic heterocycles. The van der Waals surface area contributed by atoms with Crippen LogP contribution < -0.4 is 19.7 Å². The molecule has 1 fully saturated rings. The minimum atomic E-state index is -1.16. The maximum Gasteiger partial charge on any atom is 0.276 e. The lowest BCUT2D eigenvalue weighted by Gasteiger charge is -2.44. The van der Waals surface area contributed by atoms with Crippen LogP contribution in [0, 0.1) is 0 Å². The summed E-state index contributed by atoms with van der Waals surface area (Å²) < 4.78 is 18.4. The van der Waals surface area contributed by atoms with Gasteiger partial charge in [0.1, 0.15) is 11.2 Å². The number of rotatable bonds is 5. The van der Waals surface area contributed by atoms with Gasteiger partial charge in [0.25, 0.3) is 5.91 Å².